The van der Waals surface area contributed by atoms with Crippen molar-refractivity contribution < 1.29 is 19.7 Å². The van der Waals surface area contributed by atoms with E-state index in [2.05, 4.69) is 11.3 Å². The van der Waals surface area contributed by atoms with Crippen LogP contribution in [0.3, 0.4) is 0 Å². The van der Waals surface area contributed by atoms with Gasteiger partial charge in [-0.15, -0.1) is 0 Å². The molecule has 0 fully saturated rings. The Balaban J connectivity index is 3.67. The molecule has 0 rings (SSSR count). The van der Waals surface area contributed by atoms with Crippen LogP contribution in [0.5, 0.6) is 0 Å². The molecule has 0 amide bonds. The van der Waals surface area contributed by atoms with Crippen molar-refractivity contribution >= 4 is 5.97 Å². The Kier molecular flexibility index (Phi) is 3.46. The van der Waals surface area contributed by atoms with Crippen LogP contribution in [0, 0.1) is 0 Å². The lowest BCUT2D eigenvalue weighted by Gasteiger charge is -2.06. The largest absolute Gasteiger partial charge is 0.484 e. The average Bonchev–Trinajstić information content (AvgIpc) is 1.82. The third-order valence-corrected chi connectivity index (χ3v) is 0.702. The van der Waals surface area contributed by atoms with Crippen LogP contribution in [0.4, 0.5) is 0 Å². The molecule has 0 bridgehead atoms. The van der Waals surface area contributed by atoms with Gasteiger partial charge in [0.25, 0.3) is 0 Å². The van der Waals surface area contributed by atoms with Crippen LogP contribution in [-0.2, 0) is 9.53 Å². The van der Waals surface area contributed by atoms with Gasteiger partial charge in [0.1, 0.15) is 0 Å². The predicted molar refractivity (Wildman–Crippen MR) is 29.8 cm³/mol. The Morgan fingerprint density at radius 2 is 2.44 bits per heavy atom. The van der Waals surface area contributed by atoms with Crippen LogP contribution in [0.2, 0.25) is 0 Å². The van der Waals surface area contributed by atoms with Gasteiger partial charge in [-0.05, 0) is 0 Å². The minimum Gasteiger partial charge on any atom is -0.484 e. The number of ether oxygens (including phenoxy) is 1. The summed E-state index contributed by atoms with van der Waals surface area (Å²) in [5.41, 5.74) is 0. The van der Waals surface area contributed by atoms with Crippen molar-refractivity contribution in [2.45, 2.75) is 6.10 Å². The van der Waals surface area contributed by atoms with Crippen LogP contribution in [0.1, 0.15) is 0 Å². The fourth-order valence-electron chi connectivity index (χ4n) is 0.295. The Labute approximate surface area is 52.4 Å². The molecule has 0 aromatic rings. The van der Waals surface area contributed by atoms with E-state index in [0.29, 0.717) is 0 Å². The third kappa shape index (κ3) is 2.71. The van der Waals surface area contributed by atoms with Gasteiger partial charge < -0.3 is 14.9 Å². The zero-order valence-electron chi connectivity index (χ0n) is 4.78. The van der Waals surface area contributed by atoms with E-state index < -0.39 is 18.7 Å². The first-order chi connectivity index (χ1) is 4.22. The smallest absolute Gasteiger partial charge is 0.347 e. The molecule has 1 unspecified atom stereocenters. The quantitative estimate of drug-likeness (QED) is 0.510. The molecule has 0 saturated carbocycles. The molecule has 0 radical (unpaired) electrons. The first-order valence-corrected chi connectivity index (χ1v) is 2.32. The molecule has 1 atom stereocenters. The summed E-state index contributed by atoms with van der Waals surface area (Å²) in [5, 5.41) is 16.4. The van der Waals surface area contributed by atoms with Crippen molar-refractivity contribution in [2.24, 2.45) is 0 Å². The van der Waals surface area contributed by atoms with Crippen molar-refractivity contribution in [1.29, 1.82) is 0 Å². The Morgan fingerprint density at radius 3 is 2.56 bits per heavy atom. The van der Waals surface area contributed by atoms with E-state index >= 15 is 0 Å². The number of carboxylic acids is 1. The molecule has 4 nitrogen and oxygen atoms in total. The highest BCUT2D eigenvalue weighted by atomic mass is 16.5. The van der Waals surface area contributed by atoms with Gasteiger partial charge in [0, 0.05) is 0 Å². The minimum absolute atomic E-state index is 0.540. The van der Waals surface area contributed by atoms with Crippen LogP contribution in [0.15, 0.2) is 12.8 Å². The molecule has 4 heteroatoms. The SMILES string of the molecule is C=COC(CO)C(=O)O. The summed E-state index contributed by atoms with van der Waals surface area (Å²) in [6, 6.07) is 0. The summed E-state index contributed by atoms with van der Waals surface area (Å²) in [4.78, 5) is 9.99. The van der Waals surface area contributed by atoms with E-state index in [4.69, 9.17) is 10.2 Å². The third-order valence-electron chi connectivity index (χ3n) is 0.702. The highest BCUT2D eigenvalue weighted by molar-refractivity contribution is 5.72. The Morgan fingerprint density at radius 1 is 1.89 bits per heavy atom. The molecular formula is C5H8O4. The molecule has 0 spiro atoms. The van der Waals surface area contributed by atoms with Crippen molar-refractivity contribution in [3.63, 3.8) is 0 Å². The van der Waals surface area contributed by atoms with Gasteiger partial charge in [0.2, 0.25) is 6.10 Å². The van der Waals surface area contributed by atoms with Crippen LogP contribution >= 0.6 is 0 Å². The maximum Gasteiger partial charge on any atom is 0.347 e. The number of aliphatic hydroxyl groups is 1. The highest BCUT2D eigenvalue weighted by Crippen LogP contribution is 1.89. The average molecular weight is 132 g/mol. The fraction of sp³-hybridized carbons (Fsp3) is 0.400. The molecule has 0 aromatic heterocycles. The Bertz CT molecular complexity index is 110. The van der Waals surface area contributed by atoms with Gasteiger partial charge in [-0.1, -0.05) is 6.58 Å². The van der Waals surface area contributed by atoms with Gasteiger partial charge in [-0.3, -0.25) is 0 Å². The summed E-state index contributed by atoms with van der Waals surface area (Å²) >= 11 is 0. The van der Waals surface area contributed by atoms with Crippen LogP contribution in [-0.4, -0.2) is 28.9 Å². The van der Waals surface area contributed by atoms with E-state index in [0.717, 1.165) is 6.26 Å². The topological polar surface area (TPSA) is 66.8 Å². The predicted octanol–water partition coefficient (Wildman–Crippen LogP) is -0.408. The van der Waals surface area contributed by atoms with Crippen LogP contribution < -0.4 is 0 Å². The van der Waals surface area contributed by atoms with Crippen molar-refractivity contribution in [2.75, 3.05) is 6.61 Å². The summed E-state index contributed by atoms with van der Waals surface area (Å²) in [5.74, 6) is -1.20. The van der Waals surface area contributed by atoms with Gasteiger partial charge in [0.05, 0.1) is 12.9 Å². The van der Waals surface area contributed by atoms with Gasteiger partial charge >= 0.3 is 5.97 Å². The maximum absolute atomic E-state index is 9.99. The van der Waals surface area contributed by atoms with E-state index in [9.17, 15) is 4.79 Å². The summed E-state index contributed by atoms with van der Waals surface area (Å²) in [7, 11) is 0. The van der Waals surface area contributed by atoms with Crippen molar-refractivity contribution in [3.05, 3.63) is 12.8 Å². The van der Waals surface area contributed by atoms with Crippen molar-refractivity contribution in [1.82, 2.24) is 0 Å². The first kappa shape index (κ1) is 7.97. The van der Waals surface area contributed by atoms with Gasteiger partial charge in [-0.25, -0.2) is 4.79 Å². The number of hydrogen-bond acceptors (Lipinski definition) is 3. The summed E-state index contributed by atoms with van der Waals surface area (Å²) in [6.07, 6.45) is -0.197. The number of carbonyl (C=O) groups is 1. The molecule has 0 heterocycles. The molecule has 0 aliphatic carbocycles. The molecule has 0 aliphatic rings. The lowest BCUT2D eigenvalue weighted by molar-refractivity contribution is -0.148. The lowest BCUT2D eigenvalue weighted by atomic mass is 10.4. The highest BCUT2D eigenvalue weighted by Gasteiger charge is 2.14. The standard InChI is InChI=1S/C5H8O4/c1-2-9-4(3-6)5(7)8/h2,4,6H,1,3H2,(H,7,8). The Hall–Kier alpha value is -1.03. The molecule has 52 valence electrons. The summed E-state index contributed by atoms with van der Waals surface area (Å²) in [6.45, 7) is 2.59. The number of hydrogen-bond donors (Lipinski definition) is 2. The fourth-order valence-corrected chi connectivity index (χ4v) is 0.295. The second-order valence-corrected chi connectivity index (χ2v) is 1.31. The maximum atomic E-state index is 9.99. The molecule has 2 N–H and O–H groups in total. The minimum atomic E-state index is -1.20. The molecule has 0 aromatic carbocycles. The normalized spacial score (nSPS) is 12.1. The zero-order chi connectivity index (χ0) is 7.28. The number of aliphatic hydroxyl groups excluding tert-OH is 1. The number of carboxylic acid groups (broad SMARTS) is 1. The summed E-state index contributed by atoms with van der Waals surface area (Å²) < 4.78 is 4.37. The van der Waals surface area contributed by atoms with Crippen LogP contribution in [0.25, 0.3) is 0 Å². The molecule has 0 saturated heterocycles. The lowest BCUT2D eigenvalue weighted by Crippen LogP contribution is -2.25. The van der Waals surface area contributed by atoms with E-state index in [1.807, 2.05) is 0 Å². The second-order valence-electron chi connectivity index (χ2n) is 1.31. The molecule has 0 aliphatic heterocycles. The zero-order valence-corrected chi connectivity index (χ0v) is 4.78. The van der Waals surface area contributed by atoms with Crippen molar-refractivity contribution in [3.8, 4) is 0 Å². The van der Waals surface area contributed by atoms with E-state index in [-0.39, 0.29) is 0 Å². The monoisotopic (exact) mass is 132 g/mol. The molecule has 9 heavy (non-hydrogen) atoms. The second kappa shape index (κ2) is 3.91. The van der Waals surface area contributed by atoms with E-state index in [1.165, 1.54) is 0 Å². The van der Waals surface area contributed by atoms with Gasteiger partial charge in [-0.2, -0.15) is 0 Å². The molecular weight excluding hydrogens is 124 g/mol. The first-order valence-electron chi connectivity index (χ1n) is 2.32. The number of aliphatic carboxylic acids is 1. The van der Waals surface area contributed by atoms with E-state index in [1.54, 1.807) is 0 Å². The van der Waals surface area contributed by atoms with Gasteiger partial charge in [0.15, 0.2) is 0 Å². The number of rotatable bonds is 4.